The van der Waals surface area contributed by atoms with Gasteiger partial charge in [-0.15, -0.1) is 0 Å². The lowest BCUT2D eigenvalue weighted by Crippen LogP contribution is -2.46. The summed E-state index contributed by atoms with van der Waals surface area (Å²) in [6, 6.07) is 7.62. The van der Waals surface area contributed by atoms with E-state index < -0.39 is 34.6 Å². The van der Waals surface area contributed by atoms with Gasteiger partial charge in [0.25, 0.3) is 11.6 Å². The monoisotopic (exact) mass is 420 g/mol. The zero-order valence-corrected chi connectivity index (χ0v) is 15.4. The number of nitro benzene ring substituents is 1. The zero-order chi connectivity index (χ0) is 22.1. The fourth-order valence-corrected chi connectivity index (χ4v) is 2.97. The molecule has 2 aromatic rings. The van der Waals surface area contributed by atoms with Crippen LogP contribution >= 0.6 is 0 Å². The number of amides is 3. The zero-order valence-electron chi connectivity index (χ0n) is 15.4. The fourth-order valence-electron chi connectivity index (χ4n) is 2.97. The first-order valence-corrected chi connectivity index (χ1v) is 8.57. The molecule has 30 heavy (non-hydrogen) atoms. The third kappa shape index (κ3) is 4.40. The Morgan fingerprint density at radius 2 is 1.70 bits per heavy atom. The van der Waals surface area contributed by atoms with Crippen LogP contribution in [0.4, 0.5) is 29.3 Å². The van der Waals surface area contributed by atoms with Gasteiger partial charge in [-0.1, -0.05) is 12.1 Å². The van der Waals surface area contributed by atoms with Gasteiger partial charge in [0.05, 0.1) is 22.1 Å². The predicted molar refractivity (Wildman–Crippen MR) is 100 cm³/mol. The topological polar surface area (TPSA) is 113 Å². The first kappa shape index (κ1) is 20.8. The van der Waals surface area contributed by atoms with Crippen molar-refractivity contribution in [3.8, 4) is 0 Å². The molecule has 0 spiro atoms. The highest BCUT2D eigenvalue weighted by Crippen LogP contribution is 2.32. The molecule has 8 nitrogen and oxygen atoms in total. The van der Waals surface area contributed by atoms with Crippen LogP contribution in [0.2, 0.25) is 0 Å². The lowest BCUT2D eigenvalue weighted by molar-refractivity contribution is -0.384. The van der Waals surface area contributed by atoms with Crippen LogP contribution in [0.25, 0.3) is 0 Å². The number of nitrogens with one attached hydrogen (secondary N) is 3. The number of carbonyl (C=O) groups excluding carboxylic acids is 2. The summed E-state index contributed by atoms with van der Waals surface area (Å²) in [6.45, 7) is 1.49. The molecule has 0 fully saturated rings. The number of benzene rings is 2. The van der Waals surface area contributed by atoms with Crippen LogP contribution in [-0.2, 0) is 11.0 Å². The van der Waals surface area contributed by atoms with E-state index >= 15 is 0 Å². The average molecular weight is 420 g/mol. The highest BCUT2D eigenvalue weighted by atomic mass is 19.4. The summed E-state index contributed by atoms with van der Waals surface area (Å²) >= 11 is 0. The van der Waals surface area contributed by atoms with Crippen molar-refractivity contribution in [1.82, 2.24) is 10.6 Å². The van der Waals surface area contributed by atoms with Gasteiger partial charge in [-0.3, -0.25) is 14.9 Å². The van der Waals surface area contributed by atoms with Crippen LogP contribution in [0.1, 0.15) is 24.1 Å². The lowest BCUT2D eigenvalue weighted by Gasteiger charge is -2.28. The first-order chi connectivity index (χ1) is 14.1. The van der Waals surface area contributed by atoms with Crippen molar-refractivity contribution in [3.63, 3.8) is 0 Å². The second kappa shape index (κ2) is 7.85. The van der Waals surface area contributed by atoms with Gasteiger partial charge in [-0.25, -0.2) is 4.79 Å². The van der Waals surface area contributed by atoms with E-state index in [0.717, 1.165) is 12.1 Å². The maximum absolute atomic E-state index is 12.8. The Labute approximate surface area is 167 Å². The molecule has 0 saturated carbocycles. The largest absolute Gasteiger partial charge is 0.416 e. The van der Waals surface area contributed by atoms with Crippen molar-refractivity contribution in [2.75, 3.05) is 5.32 Å². The average Bonchev–Trinajstić information content (AvgIpc) is 2.67. The molecule has 3 rings (SSSR count). The number of hydrogen-bond donors (Lipinski definition) is 3. The number of carbonyl (C=O) groups is 2. The van der Waals surface area contributed by atoms with Crippen LogP contribution in [0.5, 0.6) is 0 Å². The molecule has 3 amide bonds. The van der Waals surface area contributed by atoms with Gasteiger partial charge in [-0.05, 0) is 36.8 Å². The molecule has 11 heteroatoms. The molecule has 0 aromatic heterocycles. The maximum atomic E-state index is 12.8. The molecule has 156 valence electrons. The minimum Gasteiger partial charge on any atom is -0.327 e. The van der Waals surface area contributed by atoms with Crippen LogP contribution < -0.4 is 16.0 Å². The van der Waals surface area contributed by atoms with Crippen molar-refractivity contribution < 1.29 is 27.7 Å². The minimum atomic E-state index is -4.52. The van der Waals surface area contributed by atoms with E-state index in [0.29, 0.717) is 0 Å². The molecular weight excluding hydrogens is 405 g/mol. The number of anilines is 1. The highest BCUT2D eigenvalue weighted by molar-refractivity contribution is 6.06. The Morgan fingerprint density at radius 1 is 1.10 bits per heavy atom. The van der Waals surface area contributed by atoms with Crippen LogP contribution in [0, 0.1) is 10.1 Å². The third-order valence-corrected chi connectivity index (χ3v) is 4.42. The molecule has 3 N–H and O–H groups in total. The summed E-state index contributed by atoms with van der Waals surface area (Å²) < 4.78 is 38.4. The summed E-state index contributed by atoms with van der Waals surface area (Å²) in [4.78, 5) is 34.9. The molecule has 2 aromatic carbocycles. The summed E-state index contributed by atoms with van der Waals surface area (Å²) in [5, 5.41) is 18.3. The van der Waals surface area contributed by atoms with E-state index in [4.69, 9.17) is 0 Å². The van der Waals surface area contributed by atoms with Crippen molar-refractivity contribution in [2.24, 2.45) is 0 Å². The number of non-ortho nitro benzene ring substituents is 1. The Bertz CT molecular complexity index is 1030. The minimum absolute atomic E-state index is 0.0905. The number of nitro groups is 1. The Balaban J connectivity index is 1.89. The van der Waals surface area contributed by atoms with E-state index in [9.17, 15) is 32.9 Å². The Hall–Kier alpha value is -3.89. The number of halogens is 3. The standard InChI is InChI=1S/C19H15F3N4O4/c1-10-15(17(27)24-13-6-8-14(9-7-13)26(29)30)16(25-18(28)23-10)11-2-4-12(5-3-11)19(20,21)22/h2-9,16H,1H3,(H,24,27)(H2,23,25,28). The predicted octanol–water partition coefficient (Wildman–Crippen LogP) is 3.88. The van der Waals surface area contributed by atoms with E-state index in [2.05, 4.69) is 16.0 Å². The van der Waals surface area contributed by atoms with Crippen LogP contribution in [-0.4, -0.2) is 16.9 Å². The van der Waals surface area contributed by atoms with Crippen LogP contribution in [0.3, 0.4) is 0 Å². The van der Waals surface area contributed by atoms with Crippen molar-refractivity contribution in [1.29, 1.82) is 0 Å². The van der Waals surface area contributed by atoms with Gasteiger partial charge < -0.3 is 16.0 Å². The fraction of sp³-hybridized carbons (Fsp3) is 0.158. The summed E-state index contributed by atoms with van der Waals surface area (Å²) in [6.07, 6.45) is -4.52. The lowest BCUT2D eigenvalue weighted by atomic mass is 9.94. The van der Waals surface area contributed by atoms with Gasteiger partial charge in [0.15, 0.2) is 0 Å². The molecule has 0 bridgehead atoms. The number of allylic oxidation sites excluding steroid dienone is 1. The quantitative estimate of drug-likeness (QED) is 0.515. The number of rotatable bonds is 4. The second-order valence-corrected chi connectivity index (χ2v) is 6.45. The number of hydrogen-bond acceptors (Lipinski definition) is 4. The smallest absolute Gasteiger partial charge is 0.327 e. The van der Waals surface area contributed by atoms with Crippen molar-refractivity contribution >= 4 is 23.3 Å². The molecule has 1 atom stereocenters. The third-order valence-electron chi connectivity index (χ3n) is 4.42. The first-order valence-electron chi connectivity index (χ1n) is 8.57. The molecule has 0 saturated heterocycles. The maximum Gasteiger partial charge on any atom is 0.416 e. The normalized spacial score (nSPS) is 16.5. The molecule has 0 radical (unpaired) electrons. The van der Waals surface area contributed by atoms with E-state index in [-0.39, 0.29) is 28.2 Å². The van der Waals surface area contributed by atoms with E-state index in [1.807, 2.05) is 0 Å². The number of nitrogens with zero attached hydrogens (tertiary/aromatic N) is 1. The second-order valence-electron chi connectivity index (χ2n) is 6.45. The van der Waals surface area contributed by atoms with Gasteiger partial charge in [0.2, 0.25) is 0 Å². The van der Waals surface area contributed by atoms with E-state index in [1.54, 1.807) is 0 Å². The Morgan fingerprint density at radius 3 is 2.23 bits per heavy atom. The van der Waals surface area contributed by atoms with Gasteiger partial charge in [0, 0.05) is 23.5 Å². The molecule has 1 unspecified atom stereocenters. The molecule has 1 heterocycles. The summed E-state index contributed by atoms with van der Waals surface area (Å²) in [5.74, 6) is -0.626. The van der Waals surface area contributed by atoms with E-state index in [1.165, 1.54) is 43.3 Å². The molecule has 1 aliphatic rings. The summed E-state index contributed by atoms with van der Waals surface area (Å²) in [7, 11) is 0. The van der Waals surface area contributed by atoms with Gasteiger partial charge in [-0.2, -0.15) is 13.2 Å². The molecular formula is C19H15F3N4O4. The van der Waals surface area contributed by atoms with Gasteiger partial charge >= 0.3 is 12.2 Å². The molecule has 0 aliphatic carbocycles. The summed E-state index contributed by atoms with van der Waals surface area (Å²) in [5.41, 5.74) is -0.141. The van der Waals surface area contributed by atoms with Crippen LogP contribution in [0.15, 0.2) is 59.8 Å². The molecule has 1 aliphatic heterocycles. The Kier molecular flexibility index (Phi) is 5.45. The van der Waals surface area contributed by atoms with Crippen molar-refractivity contribution in [2.45, 2.75) is 19.1 Å². The number of urea groups is 1. The number of alkyl halides is 3. The highest BCUT2D eigenvalue weighted by Gasteiger charge is 2.33. The van der Waals surface area contributed by atoms with Crippen molar-refractivity contribution in [3.05, 3.63) is 81.0 Å². The SMILES string of the molecule is CC1=C(C(=O)Nc2ccc([N+](=O)[O-])cc2)C(c2ccc(C(F)(F)F)cc2)NC(=O)N1. The van der Waals surface area contributed by atoms with Gasteiger partial charge in [0.1, 0.15) is 0 Å².